The van der Waals surface area contributed by atoms with Crippen LogP contribution in [0.25, 0.3) is 99.5 Å². The van der Waals surface area contributed by atoms with Gasteiger partial charge in [-0.2, -0.15) is 0 Å². The third-order valence-electron chi connectivity index (χ3n) is 12.0. The van der Waals surface area contributed by atoms with Crippen molar-refractivity contribution in [1.29, 1.82) is 0 Å². The molecule has 274 valence electrons. The van der Waals surface area contributed by atoms with Crippen molar-refractivity contribution in [1.82, 2.24) is 9.13 Å². The number of rotatable bonds is 6. The standard InChI is InChI=1S/C56H40N2/c1-37-12-6-7-15-47(37)50-34-42(21-20-38(50)2)41-24-30-46(31-25-41)58-54-19-11-9-17-49(54)52-36-44(27-33-56(52)58)43-26-32-55-51(35-43)48-16-8-10-18-53(48)57(55)45-28-22-40(23-29-45)39-13-4-3-5-14-39/h3-36H,1-2H3. The summed E-state index contributed by atoms with van der Waals surface area (Å²) in [6, 6.07) is 75.5. The largest absolute Gasteiger partial charge is 0.309 e. The van der Waals surface area contributed by atoms with Gasteiger partial charge in [-0.3, -0.25) is 0 Å². The third kappa shape index (κ3) is 5.56. The lowest BCUT2D eigenvalue weighted by molar-refractivity contribution is 1.18. The van der Waals surface area contributed by atoms with Crippen LogP contribution >= 0.6 is 0 Å². The zero-order chi connectivity index (χ0) is 38.7. The van der Waals surface area contributed by atoms with E-state index in [1.807, 2.05) is 0 Å². The van der Waals surface area contributed by atoms with E-state index in [9.17, 15) is 0 Å². The van der Waals surface area contributed by atoms with Crippen molar-refractivity contribution >= 4 is 43.6 Å². The van der Waals surface area contributed by atoms with Crippen molar-refractivity contribution in [2.45, 2.75) is 13.8 Å². The number of aromatic nitrogens is 2. The van der Waals surface area contributed by atoms with Gasteiger partial charge in [0.2, 0.25) is 0 Å². The Morgan fingerprint density at radius 1 is 0.259 bits per heavy atom. The molecule has 2 nitrogen and oxygen atoms in total. The van der Waals surface area contributed by atoms with Crippen LogP contribution in [0.4, 0.5) is 0 Å². The Morgan fingerprint density at radius 2 is 0.655 bits per heavy atom. The first-order valence-electron chi connectivity index (χ1n) is 20.1. The van der Waals surface area contributed by atoms with Gasteiger partial charge in [0.1, 0.15) is 0 Å². The van der Waals surface area contributed by atoms with Gasteiger partial charge in [-0.05, 0) is 136 Å². The maximum Gasteiger partial charge on any atom is 0.0541 e. The van der Waals surface area contributed by atoms with Crippen LogP contribution in [0.1, 0.15) is 11.1 Å². The SMILES string of the molecule is Cc1ccccc1-c1cc(-c2ccc(-n3c4ccccc4c4cc(-c5ccc6c(c5)c5ccccc5n6-c5ccc(-c6ccccc6)cc5)ccc43)cc2)ccc1C. The number of hydrogen-bond acceptors (Lipinski definition) is 0. The number of para-hydroxylation sites is 2. The van der Waals surface area contributed by atoms with Crippen LogP contribution in [0, 0.1) is 13.8 Å². The highest BCUT2D eigenvalue weighted by Gasteiger charge is 2.17. The van der Waals surface area contributed by atoms with E-state index < -0.39 is 0 Å². The van der Waals surface area contributed by atoms with E-state index in [0.717, 1.165) is 11.4 Å². The van der Waals surface area contributed by atoms with Gasteiger partial charge in [0, 0.05) is 32.9 Å². The molecule has 2 heteroatoms. The topological polar surface area (TPSA) is 9.86 Å². The summed E-state index contributed by atoms with van der Waals surface area (Å²) in [7, 11) is 0. The highest BCUT2D eigenvalue weighted by atomic mass is 15.0. The Kier molecular flexibility index (Phi) is 7.97. The van der Waals surface area contributed by atoms with E-state index in [-0.39, 0.29) is 0 Å². The van der Waals surface area contributed by atoms with E-state index >= 15 is 0 Å². The number of aryl methyl sites for hydroxylation is 2. The lowest BCUT2D eigenvalue weighted by atomic mass is 9.93. The van der Waals surface area contributed by atoms with Gasteiger partial charge in [0.15, 0.2) is 0 Å². The molecule has 0 atom stereocenters. The van der Waals surface area contributed by atoms with Crippen LogP contribution in [0.5, 0.6) is 0 Å². The van der Waals surface area contributed by atoms with Crippen molar-refractivity contribution in [3.05, 3.63) is 217 Å². The molecule has 0 unspecified atom stereocenters. The second kappa shape index (κ2) is 13.7. The molecule has 0 radical (unpaired) electrons. The predicted octanol–water partition coefficient (Wildman–Crippen LogP) is 15.2. The molecule has 0 saturated heterocycles. The molecular formula is C56H40N2. The van der Waals surface area contributed by atoms with Crippen molar-refractivity contribution in [3.8, 4) is 55.9 Å². The fourth-order valence-electron chi connectivity index (χ4n) is 9.06. The average Bonchev–Trinajstić information content (AvgIpc) is 3.79. The van der Waals surface area contributed by atoms with Gasteiger partial charge in [0.05, 0.1) is 22.1 Å². The van der Waals surface area contributed by atoms with E-state index in [2.05, 4.69) is 229 Å². The first-order valence-corrected chi connectivity index (χ1v) is 20.1. The van der Waals surface area contributed by atoms with Crippen LogP contribution in [-0.2, 0) is 0 Å². The monoisotopic (exact) mass is 740 g/mol. The molecule has 58 heavy (non-hydrogen) atoms. The molecule has 0 N–H and O–H groups in total. The van der Waals surface area contributed by atoms with Gasteiger partial charge in [-0.1, -0.05) is 140 Å². The minimum atomic E-state index is 1.15. The molecule has 9 aromatic carbocycles. The summed E-state index contributed by atoms with van der Waals surface area (Å²) in [5.41, 5.74) is 19.6. The van der Waals surface area contributed by atoms with Crippen molar-refractivity contribution < 1.29 is 0 Å². The molecule has 0 spiro atoms. The maximum atomic E-state index is 2.41. The second-order valence-corrected chi connectivity index (χ2v) is 15.5. The summed E-state index contributed by atoms with van der Waals surface area (Å²) >= 11 is 0. The lowest BCUT2D eigenvalue weighted by Crippen LogP contribution is -1.94. The molecule has 0 aliphatic heterocycles. The van der Waals surface area contributed by atoms with Crippen LogP contribution in [-0.4, -0.2) is 9.13 Å². The van der Waals surface area contributed by atoms with Gasteiger partial charge in [-0.15, -0.1) is 0 Å². The summed E-state index contributed by atoms with van der Waals surface area (Å²) < 4.78 is 4.80. The normalized spacial score (nSPS) is 11.6. The minimum Gasteiger partial charge on any atom is -0.309 e. The van der Waals surface area contributed by atoms with E-state index in [0.29, 0.717) is 0 Å². The average molecular weight is 741 g/mol. The number of fused-ring (bicyclic) bond motifs is 6. The number of benzene rings is 9. The lowest BCUT2D eigenvalue weighted by Gasteiger charge is -2.13. The molecule has 0 fully saturated rings. The van der Waals surface area contributed by atoms with Gasteiger partial charge >= 0.3 is 0 Å². The van der Waals surface area contributed by atoms with Crippen molar-refractivity contribution in [3.63, 3.8) is 0 Å². The zero-order valence-electron chi connectivity index (χ0n) is 32.5. The fourth-order valence-corrected chi connectivity index (χ4v) is 9.06. The Morgan fingerprint density at radius 3 is 1.22 bits per heavy atom. The molecule has 0 aliphatic rings. The van der Waals surface area contributed by atoms with E-state index in [4.69, 9.17) is 0 Å². The molecule has 0 saturated carbocycles. The van der Waals surface area contributed by atoms with Crippen LogP contribution in [0.3, 0.4) is 0 Å². The third-order valence-corrected chi connectivity index (χ3v) is 12.0. The van der Waals surface area contributed by atoms with Gasteiger partial charge in [-0.25, -0.2) is 0 Å². The van der Waals surface area contributed by atoms with Crippen LogP contribution in [0.15, 0.2) is 206 Å². The molecule has 11 rings (SSSR count). The molecular weight excluding hydrogens is 701 g/mol. The number of hydrogen-bond donors (Lipinski definition) is 0. The van der Waals surface area contributed by atoms with Gasteiger partial charge in [0.25, 0.3) is 0 Å². The van der Waals surface area contributed by atoms with Crippen LogP contribution < -0.4 is 0 Å². The highest BCUT2D eigenvalue weighted by Crippen LogP contribution is 2.39. The van der Waals surface area contributed by atoms with Crippen molar-refractivity contribution in [2.75, 3.05) is 0 Å². The summed E-state index contributed by atoms with van der Waals surface area (Å²) in [6.07, 6.45) is 0. The summed E-state index contributed by atoms with van der Waals surface area (Å²) in [4.78, 5) is 0. The second-order valence-electron chi connectivity index (χ2n) is 15.5. The predicted molar refractivity (Wildman–Crippen MR) is 246 cm³/mol. The molecule has 11 aromatic rings. The van der Waals surface area contributed by atoms with Crippen LogP contribution in [0.2, 0.25) is 0 Å². The summed E-state index contributed by atoms with van der Waals surface area (Å²) in [5.74, 6) is 0. The first-order chi connectivity index (χ1) is 28.6. The first kappa shape index (κ1) is 33.9. The Balaban J connectivity index is 0.976. The molecule has 0 bridgehead atoms. The Labute approximate surface area is 338 Å². The molecule has 0 aliphatic carbocycles. The highest BCUT2D eigenvalue weighted by molar-refractivity contribution is 6.12. The van der Waals surface area contributed by atoms with Crippen molar-refractivity contribution in [2.24, 2.45) is 0 Å². The summed E-state index contributed by atoms with van der Waals surface area (Å²) in [5, 5.41) is 5.01. The minimum absolute atomic E-state index is 1.15. The zero-order valence-corrected chi connectivity index (χ0v) is 32.5. The van der Waals surface area contributed by atoms with E-state index in [1.54, 1.807) is 0 Å². The Hall–Kier alpha value is -7.42. The smallest absolute Gasteiger partial charge is 0.0541 e. The summed E-state index contributed by atoms with van der Waals surface area (Å²) in [6.45, 7) is 4.39. The molecule has 2 aromatic heterocycles. The van der Waals surface area contributed by atoms with Gasteiger partial charge < -0.3 is 9.13 Å². The maximum absolute atomic E-state index is 2.41. The quantitative estimate of drug-likeness (QED) is 0.161. The number of nitrogens with zero attached hydrogens (tertiary/aromatic N) is 2. The molecule has 2 heterocycles. The Bertz CT molecular complexity index is 3330. The molecule has 0 amide bonds. The van der Waals surface area contributed by atoms with E-state index in [1.165, 1.54) is 99.2 Å². The fraction of sp³-hybridized carbons (Fsp3) is 0.0357.